The molecule has 6 nitrogen and oxygen atoms in total. The summed E-state index contributed by atoms with van der Waals surface area (Å²) in [4.78, 5) is 12.2. The van der Waals surface area contributed by atoms with E-state index in [-0.39, 0.29) is 12.7 Å². The van der Waals surface area contributed by atoms with Crippen LogP contribution in [0.15, 0.2) is 60.9 Å². The Kier molecular flexibility index (Phi) is 3.63. The summed E-state index contributed by atoms with van der Waals surface area (Å²) in [5, 5.41) is 7.09. The van der Waals surface area contributed by atoms with Crippen molar-refractivity contribution in [2.75, 3.05) is 6.79 Å². The van der Waals surface area contributed by atoms with Gasteiger partial charge in [-0.1, -0.05) is 12.1 Å². The van der Waals surface area contributed by atoms with E-state index in [2.05, 4.69) is 10.4 Å². The smallest absolute Gasteiger partial charge is 0.251 e. The molecule has 1 amide bonds. The van der Waals surface area contributed by atoms with E-state index in [1.807, 2.05) is 36.5 Å². The lowest BCUT2D eigenvalue weighted by atomic mass is 10.1. The number of hydrogen-bond acceptors (Lipinski definition) is 4. The predicted octanol–water partition coefficient (Wildman–Crippen LogP) is 2.53. The zero-order valence-electron chi connectivity index (χ0n) is 12.8. The molecule has 0 aliphatic carbocycles. The molecule has 4 rings (SSSR count). The van der Waals surface area contributed by atoms with Crippen LogP contribution in [0.25, 0.3) is 5.69 Å². The molecule has 0 atom stereocenters. The van der Waals surface area contributed by atoms with Gasteiger partial charge in [0.1, 0.15) is 0 Å². The molecule has 24 heavy (non-hydrogen) atoms. The molecule has 1 N–H and O–H groups in total. The van der Waals surface area contributed by atoms with Gasteiger partial charge in [0.25, 0.3) is 5.91 Å². The molecular weight excluding hydrogens is 306 g/mol. The summed E-state index contributed by atoms with van der Waals surface area (Å²) in [5.74, 6) is 1.12. The molecule has 0 unspecified atom stereocenters. The number of nitrogens with one attached hydrogen (secondary N) is 1. The maximum absolute atomic E-state index is 12.2. The second-order valence-electron chi connectivity index (χ2n) is 5.37. The quantitative estimate of drug-likeness (QED) is 0.802. The van der Waals surface area contributed by atoms with Crippen molar-refractivity contribution in [2.45, 2.75) is 6.54 Å². The first-order chi connectivity index (χ1) is 11.8. The number of carbonyl (C=O) groups is 1. The Balaban J connectivity index is 1.40. The van der Waals surface area contributed by atoms with Crippen LogP contribution in [-0.4, -0.2) is 22.5 Å². The van der Waals surface area contributed by atoms with E-state index in [1.54, 1.807) is 29.1 Å². The zero-order valence-corrected chi connectivity index (χ0v) is 12.8. The molecule has 0 saturated carbocycles. The van der Waals surface area contributed by atoms with Crippen molar-refractivity contribution in [3.05, 3.63) is 72.1 Å². The molecule has 2 aromatic carbocycles. The molecule has 1 aliphatic rings. The van der Waals surface area contributed by atoms with Gasteiger partial charge in [0.05, 0.1) is 5.69 Å². The summed E-state index contributed by atoms with van der Waals surface area (Å²) in [6, 6.07) is 14.9. The number of fused-ring (bicyclic) bond motifs is 1. The van der Waals surface area contributed by atoms with Crippen LogP contribution in [0.2, 0.25) is 0 Å². The fourth-order valence-electron chi connectivity index (χ4n) is 2.51. The van der Waals surface area contributed by atoms with Gasteiger partial charge in [0, 0.05) is 24.5 Å². The van der Waals surface area contributed by atoms with E-state index in [0.29, 0.717) is 23.6 Å². The van der Waals surface area contributed by atoms with Crippen LogP contribution in [0.5, 0.6) is 11.5 Å². The Bertz CT molecular complexity index is 858. The molecule has 120 valence electrons. The molecule has 1 aromatic heterocycles. The molecule has 2 heterocycles. The van der Waals surface area contributed by atoms with Crippen LogP contribution < -0.4 is 14.8 Å². The van der Waals surface area contributed by atoms with E-state index < -0.39 is 0 Å². The average molecular weight is 321 g/mol. The van der Waals surface area contributed by atoms with Crippen LogP contribution in [0.4, 0.5) is 0 Å². The lowest BCUT2D eigenvalue weighted by Gasteiger charge is -2.07. The van der Waals surface area contributed by atoms with E-state index >= 15 is 0 Å². The van der Waals surface area contributed by atoms with Crippen molar-refractivity contribution in [3.8, 4) is 17.2 Å². The van der Waals surface area contributed by atoms with Gasteiger partial charge < -0.3 is 14.8 Å². The number of aromatic nitrogens is 2. The third-order valence-electron chi connectivity index (χ3n) is 3.79. The highest BCUT2D eigenvalue weighted by Gasteiger charge is 2.16. The van der Waals surface area contributed by atoms with E-state index in [4.69, 9.17) is 9.47 Å². The lowest BCUT2D eigenvalue weighted by molar-refractivity contribution is 0.0950. The normalized spacial score (nSPS) is 12.2. The number of ether oxygens (including phenoxy) is 2. The van der Waals surface area contributed by atoms with Gasteiger partial charge >= 0.3 is 0 Å². The van der Waals surface area contributed by atoms with Crippen molar-refractivity contribution in [3.63, 3.8) is 0 Å². The third kappa shape index (κ3) is 2.81. The van der Waals surface area contributed by atoms with Crippen molar-refractivity contribution in [1.29, 1.82) is 0 Å². The SMILES string of the molecule is O=C(NCc1ccc(-n2cccn2)cc1)c1ccc2c(c1)OCO2. The number of carbonyl (C=O) groups excluding carboxylic acids is 1. The molecule has 1 aliphatic heterocycles. The van der Waals surface area contributed by atoms with Crippen LogP contribution in [-0.2, 0) is 6.54 Å². The van der Waals surface area contributed by atoms with Crippen molar-refractivity contribution < 1.29 is 14.3 Å². The summed E-state index contributed by atoms with van der Waals surface area (Å²) in [7, 11) is 0. The van der Waals surface area contributed by atoms with Gasteiger partial charge in [-0.2, -0.15) is 5.10 Å². The summed E-state index contributed by atoms with van der Waals surface area (Å²) < 4.78 is 12.3. The maximum atomic E-state index is 12.2. The van der Waals surface area contributed by atoms with Crippen LogP contribution >= 0.6 is 0 Å². The Morgan fingerprint density at radius 2 is 1.96 bits per heavy atom. The second-order valence-corrected chi connectivity index (χ2v) is 5.37. The number of rotatable bonds is 4. The number of amides is 1. The minimum Gasteiger partial charge on any atom is -0.454 e. The highest BCUT2D eigenvalue weighted by atomic mass is 16.7. The molecule has 3 aromatic rings. The van der Waals surface area contributed by atoms with E-state index in [0.717, 1.165) is 11.3 Å². The number of benzene rings is 2. The summed E-state index contributed by atoms with van der Waals surface area (Å²) in [6.07, 6.45) is 3.62. The van der Waals surface area contributed by atoms with E-state index in [9.17, 15) is 4.79 Å². The first-order valence-corrected chi connectivity index (χ1v) is 7.56. The first kappa shape index (κ1) is 14.3. The van der Waals surface area contributed by atoms with Gasteiger partial charge in [-0.25, -0.2) is 4.68 Å². The van der Waals surface area contributed by atoms with Gasteiger partial charge in [-0.3, -0.25) is 4.79 Å². The number of nitrogens with zero attached hydrogens (tertiary/aromatic N) is 2. The summed E-state index contributed by atoms with van der Waals surface area (Å²) in [5.41, 5.74) is 2.54. The van der Waals surface area contributed by atoms with Gasteiger partial charge in [-0.15, -0.1) is 0 Å². The lowest BCUT2D eigenvalue weighted by Crippen LogP contribution is -2.22. The molecular formula is C18H15N3O3. The molecule has 0 spiro atoms. The fourth-order valence-corrected chi connectivity index (χ4v) is 2.51. The predicted molar refractivity (Wildman–Crippen MR) is 87.3 cm³/mol. The zero-order chi connectivity index (χ0) is 16.4. The summed E-state index contributed by atoms with van der Waals surface area (Å²) in [6.45, 7) is 0.648. The molecule has 0 fully saturated rings. The summed E-state index contributed by atoms with van der Waals surface area (Å²) >= 11 is 0. The standard InChI is InChI=1S/C18H15N3O3/c22-18(14-4-7-16-17(10-14)24-12-23-16)19-11-13-2-5-15(6-3-13)21-9-1-8-20-21/h1-10H,11-12H2,(H,19,22). The Hall–Kier alpha value is -3.28. The first-order valence-electron chi connectivity index (χ1n) is 7.56. The molecule has 0 bridgehead atoms. The second kappa shape index (κ2) is 6.08. The topological polar surface area (TPSA) is 65.4 Å². The van der Waals surface area contributed by atoms with E-state index in [1.165, 1.54) is 0 Å². The Morgan fingerprint density at radius 1 is 1.12 bits per heavy atom. The van der Waals surface area contributed by atoms with Crippen molar-refractivity contribution >= 4 is 5.91 Å². The van der Waals surface area contributed by atoms with Gasteiger partial charge in [-0.05, 0) is 42.0 Å². The highest BCUT2D eigenvalue weighted by molar-refractivity contribution is 5.94. The van der Waals surface area contributed by atoms with Crippen LogP contribution in [0.1, 0.15) is 15.9 Å². The Labute approximate surface area is 138 Å². The van der Waals surface area contributed by atoms with Crippen LogP contribution in [0.3, 0.4) is 0 Å². The van der Waals surface area contributed by atoms with Crippen molar-refractivity contribution in [2.24, 2.45) is 0 Å². The molecule has 6 heteroatoms. The number of hydrogen-bond donors (Lipinski definition) is 1. The van der Waals surface area contributed by atoms with Crippen LogP contribution in [0, 0.1) is 0 Å². The monoisotopic (exact) mass is 321 g/mol. The third-order valence-corrected chi connectivity index (χ3v) is 3.79. The van der Waals surface area contributed by atoms with Crippen molar-refractivity contribution in [1.82, 2.24) is 15.1 Å². The highest BCUT2D eigenvalue weighted by Crippen LogP contribution is 2.32. The minimum atomic E-state index is -0.149. The van der Waals surface area contributed by atoms with Gasteiger partial charge in [0.2, 0.25) is 6.79 Å². The average Bonchev–Trinajstić information content (AvgIpc) is 3.30. The fraction of sp³-hybridized carbons (Fsp3) is 0.111. The van der Waals surface area contributed by atoms with Gasteiger partial charge in [0.15, 0.2) is 11.5 Å². The minimum absolute atomic E-state index is 0.149. The largest absolute Gasteiger partial charge is 0.454 e. The molecule has 0 saturated heterocycles. The maximum Gasteiger partial charge on any atom is 0.251 e. The Morgan fingerprint density at radius 3 is 2.75 bits per heavy atom. The molecule has 0 radical (unpaired) electrons.